The third kappa shape index (κ3) is 5.95. The lowest BCUT2D eigenvalue weighted by Crippen LogP contribution is -2.52. The van der Waals surface area contributed by atoms with Gasteiger partial charge in [0.15, 0.2) is 6.10 Å². The van der Waals surface area contributed by atoms with Gasteiger partial charge in [0.25, 0.3) is 5.91 Å². The lowest BCUT2D eigenvalue weighted by Gasteiger charge is -2.32. The van der Waals surface area contributed by atoms with E-state index in [0.717, 1.165) is 42.1 Å². The first kappa shape index (κ1) is 26.6. The third-order valence-corrected chi connectivity index (χ3v) is 6.45. The lowest BCUT2D eigenvalue weighted by molar-refractivity contribution is -0.151. The number of nitrogens with zero attached hydrogens (tertiary/aromatic N) is 3. The normalized spacial score (nSPS) is 15.8. The van der Waals surface area contributed by atoms with Gasteiger partial charge in [0.2, 0.25) is 0 Å². The maximum atomic E-state index is 12.7. The topological polar surface area (TPSA) is 117 Å². The van der Waals surface area contributed by atoms with Crippen LogP contribution in [0.25, 0.3) is 11.8 Å². The van der Waals surface area contributed by atoms with Crippen molar-refractivity contribution in [1.29, 1.82) is 10.5 Å². The molecule has 1 aromatic carbocycles. The number of hydrogen-bond acceptors (Lipinski definition) is 6. The number of hydrogen-bond donors (Lipinski definition) is 1. The second-order valence-corrected chi connectivity index (χ2v) is 9.05. The van der Waals surface area contributed by atoms with Gasteiger partial charge in [-0.3, -0.25) is 4.79 Å². The summed E-state index contributed by atoms with van der Waals surface area (Å²) in [7, 11) is 0. The molecule has 1 aliphatic carbocycles. The molecule has 188 valence electrons. The number of amides is 1. The summed E-state index contributed by atoms with van der Waals surface area (Å²) in [4.78, 5) is 25.4. The van der Waals surface area contributed by atoms with Crippen LogP contribution in [0.3, 0.4) is 0 Å². The molecule has 1 heterocycles. The minimum absolute atomic E-state index is 0.214. The summed E-state index contributed by atoms with van der Waals surface area (Å²) in [5.41, 5.74) is 2.25. The number of nitriles is 2. The Kier molecular flexibility index (Phi) is 8.55. The molecule has 0 aliphatic heterocycles. The number of aryl methyl sites for hydroxylation is 1. The van der Waals surface area contributed by atoms with E-state index in [9.17, 15) is 20.1 Å². The molecule has 0 bridgehead atoms. The fourth-order valence-electron chi connectivity index (χ4n) is 4.52. The van der Waals surface area contributed by atoms with E-state index in [2.05, 4.69) is 11.4 Å². The number of esters is 1. The van der Waals surface area contributed by atoms with Crippen LogP contribution in [-0.4, -0.2) is 34.7 Å². The van der Waals surface area contributed by atoms with Gasteiger partial charge in [0, 0.05) is 17.1 Å². The first-order valence-electron chi connectivity index (χ1n) is 12.2. The van der Waals surface area contributed by atoms with Crippen molar-refractivity contribution in [3.05, 3.63) is 52.9 Å². The van der Waals surface area contributed by atoms with Gasteiger partial charge in [-0.15, -0.1) is 0 Å². The highest BCUT2D eigenvalue weighted by Crippen LogP contribution is 2.28. The molecule has 1 saturated carbocycles. The standard InChI is InChI=1S/C28H32N4O4/c1-5-35-25-11-9-24(10-12-25)32-19(2)15-22(20(32)3)16-23(17-29)27(34)36-21(4)26(33)31-28(18-30)13-7-6-8-14-28/h9-12,15-16,21H,5-8,13-14H2,1-4H3,(H,31,33)/b23-16+. The van der Waals surface area contributed by atoms with Crippen molar-refractivity contribution in [3.8, 4) is 23.6 Å². The predicted molar refractivity (Wildman–Crippen MR) is 135 cm³/mol. The predicted octanol–water partition coefficient (Wildman–Crippen LogP) is 4.67. The van der Waals surface area contributed by atoms with E-state index in [1.165, 1.54) is 13.0 Å². The molecular formula is C28H32N4O4. The van der Waals surface area contributed by atoms with Crippen molar-refractivity contribution >= 4 is 18.0 Å². The summed E-state index contributed by atoms with van der Waals surface area (Å²) in [5.74, 6) is -0.654. The molecule has 36 heavy (non-hydrogen) atoms. The van der Waals surface area contributed by atoms with Crippen LogP contribution in [0.1, 0.15) is 62.9 Å². The van der Waals surface area contributed by atoms with Crippen LogP contribution in [-0.2, 0) is 14.3 Å². The van der Waals surface area contributed by atoms with Crippen molar-refractivity contribution in [3.63, 3.8) is 0 Å². The van der Waals surface area contributed by atoms with E-state index in [1.54, 1.807) is 0 Å². The first-order valence-corrected chi connectivity index (χ1v) is 12.2. The molecule has 1 N–H and O–H groups in total. The van der Waals surface area contributed by atoms with Crippen molar-refractivity contribution in [2.24, 2.45) is 0 Å². The van der Waals surface area contributed by atoms with Crippen LogP contribution >= 0.6 is 0 Å². The summed E-state index contributed by atoms with van der Waals surface area (Å²) >= 11 is 0. The number of benzene rings is 1. The molecular weight excluding hydrogens is 456 g/mol. The Morgan fingerprint density at radius 1 is 1.17 bits per heavy atom. The van der Waals surface area contributed by atoms with Gasteiger partial charge >= 0.3 is 5.97 Å². The van der Waals surface area contributed by atoms with Gasteiger partial charge in [-0.05, 0) is 82.5 Å². The molecule has 1 aliphatic rings. The number of aromatic nitrogens is 1. The van der Waals surface area contributed by atoms with Crippen LogP contribution in [0.5, 0.6) is 5.75 Å². The van der Waals surface area contributed by atoms with Gasteiger partial charge in [0.1, 0.15) is 22.9 Å². The molecule has 1 unspecified atom stereocenters. The summed E-state index contributed by atoms with van der Waals surface area (Å²) in [5, 5.41) is 22.0. The largest absolute Gasteiger partial charge is 0.494 e. The lowest BCUT2D eigenvalue weighted by atomic mass is 9.83. The molecule has 0 spiro atoms. The summed E-state index contributed by atoms with van der Waals surface area (Å²) in [6.45, 7) is 7.79. The molecule has 8 heteroatoms. The van der Waals surface area contributed by atoms with Gasteiger partial charge < -0.3 is 19.4 Å². The molecule has 1 amide bonds. The van der Waals surface area contributed by atoms with Crippen molar-refractivity contribution in [2.75, 3.05) is 6.61 Å². The van der Waals surface area contributed by atoms with Crippen molar-refractivity contribution < 1.29 is 19.1 Å². The Labute approximate surface area is 212 Å². The van der Waals surface area contributed by atoms with Crippen molar-refractivity contribution in [2.45, 2.75) is 71.4 Å². The zero-order valence-electron chi connectivity index (χ0n) is 21.3. The molecule has 8 nitrogen and oxygen atoms in total. The van der Waals surface area contributed by atoms with Crippen molar-refractivity contribution in [1.82, 2.24) is 9.88 Å². The molecule has 1 aromatic heterocycles. The minimum Gasteiger partial charge on any atom is -0.494 e. The van der Waals surface area contributed by atoms with E-state index in [-0.39, 0.29) is 5.57 Å². The number of carbonyl (C=O) groups excluding carboxylic acids is 2. The highest BCUT2D eigenvalue weighted by atomic mass is 16.5. The SMILES string of the molecule is CCOc1ccc(-n2c(C)cc(/C=C(\C#N)C(=O)OC(C)C(=O)NC3(C#N)CCCCC3)c2C)cc1. The van der Waals surface area contributed by atoms with E-state index in [4.69, 9.17) is 9.47 Å². The summed E-state index contributed by atoms with van der Waals surface area (Å²) in [6, 6.07) is 13.7. The Morgan fingerprint density at radius 3 is 2.42 bits per heavy atom. The smallest absolute Gasteiger partial charge is 0.349 e. The average molecular weight is 489 g/mol. The summed E-state index contributed by atoms with van der Waals surface area (Å²) in [6.07, 6.45) is 4.22. The zero-order valence-corrected chi connectivity index (χ0v) is 21.3. The maximum Gasteiger partial charge on any atom is 0.349 e. The molecule has 2 aromatic rings. The zero-order chi connectivity index (χ0) is 26.3. The molecule has 0 radical (unpaired) electrons. The Bertz CT molecular complexity index is 1220. The maximum absolute atomic E-state index is 12.7. The number of nitrogens with one attached hydrogen (secondary N) is 1. The highest BCUT2D eigenvalue weighted by Gasteiger charge is 2.35. The number of rotatable bonds is 8. The molecule has 1 atom stereocenters. The van der Waals surface area contributed by atoms with Gasteiger partial charge in [-0.1, -0.05) is 19.3 Å². The Balaban J connectivity index is 1.75. The average Bonchev–Trinajstić information content (AvgIpc) is 3.16. The fourth-order valence-corrected chi connectivity index (χ4v) is 4.52. The van der Waals surface area contributed by atoms with Crippen LogP contribution in [0.2, 0.25) is 0 Å². The molecule has 1 fully saturated rings. The summed E-state index contributed by atoms with van der Waals surface area (Å²) < 4.78 is 12.8. The van der Waals surface area contributed by atoms with Crippen LogP contribution in [0.15, 0.2) is 35.9 Å². The first-order chi connectivity index (χ1) is 17.2. The second-order valence-electron chi connectivity index (χ2n) is 9.05. The fraction of sp³-hybridized carbons (Fsp3) is 0.429. The van der Waals surface area contributed by atoms with Gasteiger partial charge in [-0.25, -0.2) is 4.79 Å². The minimum atomic E-state index is -1.14. The Hall–Kier alpha value is -4.04. The van der Waals surface area contributed by atoms with Crippen LogP contribution < -0.4 is 10.1 Å². The van der Waals surface area contributed by atoms with Crippen LogP contribution in [0.4, 0.5) is 0 Å². The van der Waals surface area contributed by atoms with E-state index < -0.39 is 23.5 Å². The quantitative estimate of drug-likeness (QED) is 0.328. The third-order valence-electron chi connectivity index (χ3n) is 6.45. The molecule has 3 rings (SSSR count). The van der Waals surface area contributed by atoms with Crippen LogP contribution in [0, 0.1) is 36.5 Å². The Morgan fingerprint density at radius 2 is 1.83 bits per heavy atom. The van der Waals surface area contributed by atoms with E-state index in [1.807, 2.05) is 61.7 Å². The van der Waals surface area contributed by atoms with E-state index >= 15 is 0 Å². The van der Waals surface area contributed by atoms with E-state index in [0.29, 0.717) is 25.0 Å². The molecule has 0 saturated heterocycles. The monoisotopic (exact) mass is 488 g/mol. The highest BCUT2D eigenvalue weighted by molar-refractivity contribution is 5.99. The number of ether oxygens (including phenoxy) is 2. The number of carbonyl (C=O) groups is 2. The van der Waals surface area contributed by atoms with Gasteiger partial charge in [-0.2, -0.15) is 10.5 Å². The second kappa shape index (κ2) is 11.6. The van der Waals surface area contributed by atoms with Gasteiger partial charge in [0.05, 0.1) is 12.7 Å².